The monoisotopic (exact) mass is 417 g/mol. The summed E-state index contributed by atoms with van der Waals surface area (Å²) in [5, 5.41) is 15.7. The van der Waals surface area contributed by atoms with Crippen LogP contribution in [0.4, 0.5) is 11.4 Å². The van der Waals surface area contributed by atoms with E-state index in [1.54, 1.807) is 22.7 Å². The topological polar surface area (TPSA) is 58.0 Å². The van der Waals surface area contributed by atoms with Crippen LogP contribution in [0.15, 0.2) is 95.2 Å². The molecule has 29 heavy (non-hydrogen) atoms. The number of hydrogen-bond donors (Lipinski definition) is 2. The molecule has 0 amide bonds. The minimum Gasteiger partial charge on any atom is -0.356 e. The number of benzene rings is 3. The number of aromatic nitrogens is 3. The first-order chi connectivity index (χ1) is 14.3. The van der Waals surface area contributed by atoms with Crippen LogP contribution < -0.4 is 5.32 Å². The van der Waals surface area contributed by atoms with Gasteiger partial charge < -0.3 is 5.32 Å². The molecule has 0 spiro atoms. The summed E-state index contributed by atoms with van der Waals surface area (Å²) in [5.41, 5.74) is 4.28. The van der Waals surface area contributed by atoms with Crippen LogP contribution in [0, 0.1) is 4.77 Å². The maximum atomic E-state index is 5.32. The lowest BCUT2D eigenvalue weighted by atomic mass is 10.2. The van der Waals surface area contributed by atoms with Gasteiger partial charge in [-0.25, -0.2) is 5.10 Å². The van der Waals surface area contributed by atoms with Crippen LogP contribution in [0.2, 0.25) is 0 Å². The van der Waals surface area contributed by atoms with Gasteiger partial charge in [0.15, 0.2) is 0 Å². The summed E-state index contributed by atoms with van der Waals surface area (Å²) < 4.78 is 2.12. The van der Waals surface area contributed by atoms with E-state index in [1.807, 2.05) is 72.8 Å². The number of para-hydroxylation sites is 1. The van der Waals surface area contributed by atoms with Crippen LogP contribution in [0.25, 0.3) is 0 Å². The van der Waals surface area contributed by atoms with Crippen molar-refractivity contribution in [2.75, 3.05) is 5.32 Å². The fourth-order valence-electron chi connectivity index (χ4n) is 2.66. The molecule has 0 aliphatic heterocycles. The van der Waals surface area contributed by atoms with E-state index < -0.39 is 0 Å². The molecular weight excluding hydrogens is 398 g/mol. The van der Waals surface area contributed by atoms with Crippen molar-refractivity contribution < 1.29 is 0 Å². The van der Waals surface area contributed by atoms with Crippen LogP contribution in [-0.2, 0) is 5.75 Å². The fourth-order valence-corrected chi connectivity index (χ4v) is 3.76. The molecule has 0 aliphatic carbocycles. The highest BCUT2D eigenvalue weighted by atomic mass is 32.2. The molecule has 144 valence electrons. The number of nitrogens with one attached hydrogen (secondary N) is 2. The van der Waals surface area contributed by atoms with Crippen molar-refractivity contribution in [3.63, 3.8) is 0 Å². The third kappa shape index (κ3) is 5.22. The van der Waals surface area contributed by atoms with Gasteiger partial charge in [-0.1, -0.05) is 72.4 Å². The van der Waals surface area contributed by atoms with Crippen molar-refractivity contribution >= 4 is 41.6 Å². The van der Waals surface area contributed by atoms with E-state index in [1.165, 1.54) is 5.56 Å². The zero-order valence-electron chi connectivity index (χ0n) is 15.5. The van der Waals surface area contributed by atoms with Gasteiger partial charge in [-0.15, -0.1) is 5.10 Å². The van der Waals surface area contributed by atoms with E-state index in [-0.39, 0.29) is 0 Å². The summed E-state index contributed by atoms with van der Waals surface area (Å²) in [6.07, 6.45) is 1.78. The molecule has 0 radical (unpaired) electrons. The number of hydrogen-bond acceptors (Lipinski definition) is 5. The van der Waals surface area contributed by atoms with E-state index in [9.17, 15) is 0 Å². The average molecular weight is 418 g/mol. The second-order valence-electron chi connectivity index (χ2n) is 6.26. The maximum Gasteiger partial charge on any atom is 0.217 e. The van der Waals surface area contributed by atoms with Crippen molar-refractivity contribution in [2.45, 2.75) is 10.9 Å². The molecule has 5 nitrogen and oxygen atoms in total. The van der Waals surface area contributed by atoms with Gasteiger partial charge >= 0.3 is 0 Å². The summed E-state index contributed by atoms with van der Waals surface area (Å²) >= 11 is 6.91. The van der Waals surface area contributed by atoms with Gasteiger partial charge in [0.1, 0.15) is 0 Å². The van der Waals surface area contributed by atoms with E-state index >= 15 is 0 Å². The van der Waals surface area contributed by atoms with Gasteiger partial charge in [-0.3, -0.25) is 0 Å². The predicted molar refractivity (Wildman–Crippen MR) is 123 cm³/mol. The molecule has 0 unspecified atom stereocenters. The first kappa shape index (κ1) is 19.2. The fraction of sp³-hybridized carbons (Fsp3) is 0.0455. The van der Waals surface area contributed by atoms with Crippen molar-refractivity contribution in [1.29, 1.82) is 0 Å². The van der Waals surface area contributed by atoms with Gasteiger partial charge in [0.2, 0.25) is 9.93 Å². The lowest BCUT2D eigenvalue weighted by Crippen LogP contribution is -1.95. The van der Waals surface area contributed by atoms with E-state index in [0.717, 1.165) is 27.8 Å². The second kappa shape index (κ2) is 9.36. The molecule has 3 aromatic carbocycles. The SMILES string of the molecule is S=c1[nH]nc(SCc2ccccc2)n1/N=C\c1ccc(Nc2ccccc2)cc1. The molecule has 0 fully saturated rings. The predicted octanol–water partition coefficient (Wildman–Crippen LogP) is 5.86. The number of nitrogens with zero attached hydrogens (tertiary/aromatic N) is 3. The molecule has 4 aromatic rings. The largest absolute Gasteiger partial charge is 0.356 e. The molecule has 1 aromatic heterocycles. The second-order valence-corrected chi connectivity index (χ2v) is 7.58. The van der Waals surface area contributed by atoms with E-state index in [0.29, 0.717) is 4.77 Å². The van der Waals surface area contributed by atoms with Crippen molar-refractivity contribution in [1.82, 2.24) is 14.9 Å². The summed E-state index contributed by atoms with van der Waals surface area (Å²) in [7, 11) is 0. The Morgan fingerprint density at radius 3 is 2.31 bits per heavy atom. The lowest BCUT2D eigenvalue weighted by molar-refractivity contribution is 0.759. The van der Waals surface area contributed by atoms with Crippen LogP contribution in [-0.4, -0.2) is 21.1 Å². The average Bonchev–Trinajstić information content (AvgIpc) is 3.12. The molecule has 4 rings (SSSR count). The zero-order valence-corrected chi connectivity index (χ0v) is 17.2. The number of thioether (sulfide) groups is 1. The third-order valence-electron chi connectivity index (χ3n) is 4.13. The van der Waals surface area contributed by atoms with Crippen LogP contribution in [0.5, 0.6) is 0 Å². The number of aromatic amines is 1. The number of H-pyrrole nitrogens is 1. The quantitative estimate of drug-likeness (QED) is 0.225. The summed E-state index contributed by atoms with van der Waals surface area (Å²) in [6, 6.07) is 28.4. The Morgan fingerprint density at radius 2 is 1.59 bits per heavy atom. The molecule has 0 saturated heterocycles. The van der Waals surface area contributed by atoms with Gasteiger partial charge in [-0.05, 0) is 47.6 Å². The zero-order chi connectivity index (χ0) is 19.9. The molecule has 0 atom stereocenters. The van der Waals surface area contributed by atoms with E-state index in [4.69, 9.17) is 12.2 Å². The Kier molecular flexibility index (Phi) is 6.19. The minimum absolute atomic E-state index is 0.471. The maximum absolute atomic E-state index is 5.32. The van der Waals surface area contributed by atoms with Gasteiger partial charge in [-0.2, -0.15) is 9.78 Å². The molecule has 0 aliphatic rings. The Labute approximate surface area is 178 Å². The van der Waals surface area contributed by atoms with Crippen molar-refractivity contribution in [2.24, 2.45) is 5.10 Å². The molecular formula is C22H19N5S2. The summed E-state index contributed by atoms with van der Waals surface area (Å²) in [5.74, 6) is 0.801. The minimum atomic E-state index is 0.471. The molecule has 0 bridgehead atoms. The third-order valence-corrected chi connectivity index (χ3v) is 5.39. The summed E-state index contributed by atoms with van der Waals surface area (Å²) in [6.45, 7) is 0. The standard InChI is InChI=1S/C22H19N5S2/c28-21-25-26-22(29-16-18-7-3-1-4-8-18)27(21)23-15-17-11-13-20(14-12-17)24-19-9-5-2-6-10-19/h1-15,24H,16H2,(H,25,28)/b23-15-. The van der Waals surface area contributed by atoms with Gasteiger partial charge in [0.25, 0.3) is 0 Å². The summed E-state index contributed by atoms with van der Waals surface area (Å²) in [4.78, 5) is 0. The van der Waals surface area contributed by atoms with Crippen LogP contribution in [0.1, 0.15) is 11.1 Å². The first-order valence-electron chi connectivity index (χ1n) is 9.08. The number of rotatable bonds is 7. The molecule has 1 heterocycles. The molecule has 7 heteroatoms. The Morgan fingerprint density at radius 1 is 0.931 bits per heavy atom. The van der Waals surface area contributed by atoms with Gasteiger partial charge in [0, 0.05) is 17.1 Å². The van der Waals surface area contributed by atoms with Gasteiger partial charge in [0.05, 0.1) is 6.21 Å². The first-order valence-corrected chi connectivity index (χ1v) is 10.5. The van der Waals surface area contributed by atoms with Crippen LogP contribution >= 0.6 is 24.0 Å². The smallest absolute Gasteiger partial charge is 0.217 e. The molecule has 0 saturated carbocycles. The van der Waals surface area contributed by atoms with Crippen molar-refractivity contribution in [3.05, 3.63) is 101 Å². The number of anilines is 2. The van der Waals surface area contributed by atoms with Crippen molar-refractivity contribution in [3.8, 4) is 0 Å². The van der Waals surface area contributed by atoms with Crippen LogP contribution in [0.3, 0.4) is 0 Å². The Hall–Kier alpha value is -3.16. The Bertz CT molecular complexity index is 1130. The normalized spacial score (nSPS) is 11.0. The highest BCUT2D eigenvalue weighted by molar-refractivity contribution is 7.98. The Balaban J connectivity index is 1.43. The van der Waals surface area contributed by atoms with E-state index in [2.05, 4.69) is 32.7 Å². The molecule has 2 N–H and O–H groups in total. The lowest BCUT2D eigenvalue weighted by Gasteiger charge is -2.06. The highest BCUT2D eigenvalue weighted by Crippen LogP contribution is 2.21. The highest BCUT2D eigenvalue weighted by Gasteiger charge is 2.06.